The minimum absolute atomic E-state index is 0.000398. The van der Waals surface area contributed by atoms with E-state index in [0.29, 0.717) is 23.8 Å². The summed E-state index contributed by atoms with van der Waals surface area (Å²) in [6.07, 6.45) is 14.8. The number of rotatable bonds is 13. The fourth-order valence-corrected chi connectivity index (χ4v) is 9.37. The number of anilines is 1. The highest BCUT2D eigenvalue weighted by Crippen LogP contribution is 2.52. The van der Waals surface area contributed by atoms with Crippen LogP contribution in [0.3, 0.4) is 0 Å². The van der Waals surface area contributed by atoms with Gasteiger partial charge in [0.15, 0.2) is 16.6 Å². The lowest BCUT2D eigenvalue weighted by Gasteiger charge is -2.38. The molecule has 3 rings (SSSR count). The van der Waals surface area contributed by atoms with Crippen LogP contribution in [0.1, 0.15) is 87.6 Å². The van der Waals surface area contributed by atoms with Crippen molar-refractivity contribution < 1.29 is 8.85 Å². The highest BCUT2D eigenvalue weighted by molar-refractivity contribution is 8.05. The highest BCUT2D eigenvalue weighted by Gasteiger charge is 2.39. The molecule has 1 heterocycles. The SMILES string of the molecule is [C-]#[N+]C1=C(/C=C/C=C2C=C(/C=C/c3ccc(N(CCO[Si](C)(C)C(C)(C)C)CCO[Si](C)(C)C(C)(C)C)cc3)CC(C)(C)C/2)C(C)(C)SC1=C(C#N)C#N. The lowest BCUT2D eigenvalue weighted by Crippen LogP contribution is -2.44. The standard InChI is InChI=1S/C45H64N4O2SSi2/c1-42(2,3)53(12,13)50-27-25-49(26-28-51-54(14,15)43(4,5)6)38-23-21-34(22-24-38)19-20-36-29-35(30-44(7,8)31-36)17-16-18-39-40(48-11)41(37(32-46)33-47)52-45(39,9)10/h16-24,29H,25-28,30-31H2,1-10,12-15H3/b18-16+,20-19+,35-17-. The first kappa shape index (κ1) is 45.0. The fourth-order valence-electron chi connectivity index (χ4n) is 6.07. The number of hydrogen-bond acceptors (Lipinski definition) is 6. The second-order valence-electron chi connectivity index (χ2n) is 18.9. The van der Waals surface area contributed by atoms with Gasteiger partial charge in [0.2, 0.25) is 5.70 Å². The third-order valence-electron chi connectivity index (χ3n) is 11.4. The van der Waals surface area contributed by atoms with E-state index in [2.05, 4.69) is 140 Å². The van der Waals surface area contributed by atoms with Crippen LogP contribution in [0.4, 0.5) is 5.69 Å². The van der Waals surface area contributed by atoms with Crippen LogP contribution in [0.5, 0.6) is 0 Å². The molecule has 0 saturated heterocycles. The number of hydrogen-bond donors (Lipinski definition) is 0. The molecule has 0 aromatic heterocycles. The summed E-state index contributed by atoms with van der Waals surface area (Å²) < 4.78 is 12.8. The Balaban J connectivity index is 1.82. The largest absolute Gasteiger partial charge is 0.415 e. The first-order chi connectivity index (χ1) is 24.9. The molecule has 1 aliphatic carbocycles. The van der Waals surface area contributed by atoms with Gasteiger partial charge in [-0.25, -0.2) is 4.85 Å². The van der Waals surface area contributed by atoms with Crippen molar-refractivity contribution in [3.8, 4) is 12.1 Å². The van der Waals surface area contributed by atoms with E-state index >= 15 is 0 Å². The first-order valence-corrected chi connectivity index (χ1v) is 25.7. The van der Waals surface area contributed by atoms with Crippen LogP contribution < -0.4 is 4.90 Å². The number of benzene rings is 1. The van der Waals surface area contributed by atoms with Gasteiger partial charge in [-0.15, -0.1) is 11.8 Å². The van der Waals surface area contributed by atoms with Gasteiger partial charge in [0.25, 0.3) is 0 Å². The summed E-state index contributed by atoms with van der Waals surface area (Å²) >= 11 is 1.41. The van der Waals surface area contributed by atoms with Crippen molar-refractivity contribution in [2.75, 3.05) is 31.2 Å². The number of nitriles is 2. The number of allylic oxidation sites excluding steroid dienone is 8. The van der Waals surface area contributed by atoms with E-state index in [1.165, 1.54) is 28.6 Å². The molecule has 0 bridgehead atoms. The molecule has 2 aliphatic rings. The van der Waals surface area contributed by atoms with Crippen molar-refractivity contribution in [2.24, 2.45) is 5.41 Å². The number of nitrogens with zero attached hydrogens (tertiary/aromatic N) is 4. The lowest BCUT2D eigenvalue weighted by molar-refractivity contribution is 0.276. The van der Waals surface area contributed by atoms with Gasteiger partial charge in [-0.1, -0.05) is 104 Å². The molecule has 6 nitrogen and oxygen atoms in total. The molecular weight excluding hydrogens is 717 g/mol. The molecule has 0 saturated carbocycles. The zero-order valence-corrected chi connectivity index (χ0v) is 38.3. The monoisotopic (exact) mass is 780 g/mol. The maximum Gasteiger partial charge on any atom is 0.207 e. The zero-order chi connectivity index (χ0) is 40.8. The summed E-state index contributed by atoms with van der Waals surface area (Å²) in [4.78, 5) is 6.63. The van der Waals surface area contributed by atoms with Crippen LogP contribution in [0, 0.1) is 34.6 Å². The molecule has 9 heteroatoms. The maximum atomic E-state index is 9.45. The van der Waals surface area contributed by atoms with Crippen LogP contribution in [0.25, 0.3) is 10.9 Å². The third-order valence-corrected chi connectivity index (χ3v) is 21.8. The first-order valence-electron chi connectivity index (χ1n) is 19.1. The minimum atomic E-state index is -1.85. The minimum Gasteiger partial charge on any atom is -0.415 e. The molecule has 1 aromatic carbocycles. The van der Waals surface area contributed by atoms with Crippen molar-refractivity contribution >= 4 is 40.2 Å². The van der Waals surface area contributed by atoms with Gasteiger partial charge < -0.3 is 13.8 Å². The van der Waals surface area contributed by atoms with E-state index in [-0.39, 0.29) is 21.1 Å². The molecule has 290 valence electrons. The summed E-state index contributed by atoms with van der Waals surface area (Å²) in [7, 11) is -3.70. The molecule has 0 fully saturated rings. The van der Waals surface area contributed by atoms with Gasteiger partial charge in [-0.05, 0) is 103 Å². The van der Waals surface area contributed by atoms with E-state index in [9.17, 15) is 10.5 Å². The summed E-state index contributed by atoms with van der Waals surface area (Å²) in [6, 6.07) is 12.8. The summed E-state index contributed by atoms with van der Waals surface area (Å²) in [6.45, 7) is 42.5. The second-order valence-corrected chi connectivity index (χ2v) is 30.1. The van der Waals surface area contributed by atoms with E-state index in [1.807, 2.05) is 38.1 Å². The van der Waals surface area contributed by atoms with Crippen molar-refractivity contribution in [3.05, 3.63) is 105 Å². The normalized spacial score (nSPS) is 18.5. The Morgan fingerprint density at radius 1 is 0.870 bits per heavy atom. The number of thioether (sulfide) groups is 1. The van der Waals surface area contributed by atoms with Crippen LogP contribution in [-0.2, 0) is 8.85 Å². The predicted molar refractivity (Wildman–Crippen MR) is 236 cm³/mol. The van der Waals surface area contributed by atoms with Gasteiger partial charge in [0.05, 0.1) is 19.8 Å². The van der Waals surface area contributed by atoms with Crippen molar-refractivity contribution in [3.63, 3.8) is 0 Å². The maximum absolute atomic E-state index is 9.45. The second kappa shape index (κ2) is 17.6. The van der Waals surface area contributed by atoms with Gasteiger partial charge in [0.1, 0.15) is 17.7 Å². The Labute approximate surface area is 334 Å². The molecule has 0 radical (unpaired) electrons. The Morgan fingerprint density at radius 3 is 1.89 bits per heavy atom. The molecular formula is C45H64N4O2SSi2. The van der Waals surface area contributed by atoms with Gasteiger partial charge in [-0.2, -0.15) is 10.5 Å². The van der Waals surface area contributed by atoms with Crippen LogP contribution in [0.15, 0.2) is 87.5 Å². The van der Waals surface area contributed by atoms with E-state index in [0.717, 1.165) is 37.1 Å². The quantitative estimate of drug-likeness (QED) is 0.113. The molecule has 0 N–H and O–H groups in total. The predicted octanol–water partition coefficient (Wildman–Crippen LogP) is 12.8. The molecule has 1 aliphatic heterocycles. The molecule has 0 atom stereocenters. The van der Waals surface area contributed by atoms with Gasteiger partial charge >= 0.3 is 0 Å². The highest BCUT2D eigenvalue weighted by atomic mass is 32.2. The van der Waals surface area contributed by atoms with Crippen LogP contribution in [-0.4, -0.2) is 47.7 Å². The van der Waals surface area contributed by atoms with Crippen LogP contribution in [0.2, 0.25) is 36.3 Å². The summed E-state index contributed by atoms with van der Waals surface area (Å²) in [5.74, 6) is 0. The summed E-state index contributed by atoms with van der Waals surface area (Å²) in [5.41, 5.74) is 6.17. The molecule has 1 aromatic rings. The Bertz CT molecular complexity index is 1790. The molecule has 0 amide bonds. The van der Waals surface area contributed by atoms with Gasteiger partial charge in [-0.3, -0.25) is 0 Å². The van der Waals surface area contributed by atoms with Crippen LogP contribution >= 0.6 is 11.8 Å². The third kappa shape index (κ3) is 11.8. The van der Waals surface area contributed by atoms with Crippen molar-refractivity contribution in [1.82, 2.24) is 0 Å². The van der Waals surface area contributed by atoms with E-state index in [4.69, 9.17) is 15.4 Å². The molecule has 54 heavy (non-hydrogen) atoms. The Hall–Kier alpha value is -3.37. The zero-order valence-electron chi connectivity index (χ0n) is 35.5. The smallest absolute Gasteiger partial charge is 0.207 e. The van der Waals surface area contributed by atoms with E-state index in [1.54, 1.807) is 0 Å². The average molecular weight is 781 g/mol. The fraction of sp³-hybridized carbons (Fsp3) is 0.533. The van der Waals surface area contributed by atoms with Gasteiger partial charge in [0, 0.05) is 28.4 Å². The Kier molecular flexibility index (Phi) is 14.7. The van der Waals surface area contributed by atoms with Crippen molar-refractivity contribution in [1.29, 1.82) is 10.5 Å². The summed E-state index contributed by atoms with van der Waals surface area (Å²) in [5, 5.41) is 19.2. The lowest BCUT2D eigenvalue weighted by atomic mass is 9.75. The topological polar surface area (TPSA) is 73.6 Å². The molecule has 0 spiro atoms. The Morgan fingerprint density at radius 2 is 1.41 bits per heavy atom. The average Bonchev–Trinajstić information content (AvgIpc) is 3.30. The molecule has 0 unspecified atom stereocenters. The van der Waals surface area contributed by atoms with Crippen molar-refractivity contribution in [2.45, 2.75) is 123 Å². The van der Waals surface area contributed by atoms with E-state index < -0.39 is 21.4 Å².